The summed E-state index contributed by atoms with van der Waals surface area (Å²) in [6.07, 6.45) is 0. The van der Waals surface area contributed by atoms with E-state index in [4.69, 9.17) is 9.73 Å². The first kappa shape index (κ1) is 18.8. The summed E-state index contributed by atoms with van der Waals surface area (Å²) < 4.78 is 6.14. The van der Waals surface area contributed by atoms with Crippen LogP contribution in [-0.4, -0.2) is 16.8 Å². The molecule has 1 aliphatic rings. The fourth-order valence-corrected chi connectivity index (χ4v) is 3.71. The van der Waals surface area contributed by atoms with Crippen molar-refractivity contribution in [3.63, 3.8) is 0 Å². The number of hydrogen-bond acceptors (Lipinski definition) is 4. The van der Waals surface area contributed by atoms with Crippen molar-refractivity contribution in [2.75, 3.05) is 0 Å². The number of hydroxylamine groups is 1. The quantitative estimate of drug-likeness (QED) is 0.296. The summed E-state index contributed by atoms with van der Waals surface area (Å²) in [6, 6.07) is 30.4. The minimum absolute atomic E-state index is 0.372. The molecule has 0 aliphatic carbocycles. The van der Waals surface area contributed by atoms with Crippen molar-refractivity contribution in [2.24, 2.45) is 4.99 Å². The largest absolute Gasteiger partial charge is 0.454 e. The zero-order valence-electron chi connectivity index (χ0n) is 16.4. The molecule has 31 heavy (non-hydrogen) atoms. The summed E-state index contributed by atoms with van der Waals surface area (Å²) >= 11 is 0. The smallest absolute Gasteiger partial charge is 0.275 e. The van der Waals surface area contributed by atoms with Gasteiger partial charge in [-0.25, -0.2) is 10.5 Å². The first-order valence-corrected chi connectivity index (χ1v) is 9.84. The van der Waals surface area contributed by atoms with Crippen LogP contribution in [0.4, 0.5) is 5.69 Å². The number of carbonyl (C=O) groups excluding carboxylic acids is 1. The van der Waals surface area contributed by atoms with Crippen molar-refractivity contribution in [1.82, 2.24) is 5.48 Å². The van der Waals surface area contributed by atoms with Crippen LogP contribution in [0, 0.1) is 0 Å². The Balaban J connectivity index is 1.75. The lowest BCUT2D eigenvalue weighted by atomic mass is 9.93. The number of amides is 1. The molecule has 5 nitrogen and oxygen atoms in total. The van der Waals surface area contributed by atoms with Crippen molar-refractivity contribution in [1.29, 1.82) is 0 Å². The molecule has 0 atom stereocenters. The summed E-state index contributed by atoms with van der Waals surface area (Å²) in [4.78, 5) is 17.2. The van der Waals surface area contributed by atoms with Crippen molar-refractivity contribution >= 4 is 17.3 Å². The van der Waals surface area contributed by atoms with Gasteiger partial charge in [-0.2, -0.15) is 0 Å². The van der Waals surface area contributed by atoms with Gasteiger partial charge in [0.2, 0.25) is 0 Å². The molecule has 2 N–H and O–H groups in total. The van der Waals surface area contributed by atoms with E-state index in [2.05, 4.69) is 0 Å². The maximum Gasteiger partial charge on any atom is 0.275 e. The van der Waals surface area contributed by atoms with Crippen LogP contribution in [0.3, 0.4) is 0 Å². The van der Waals surface area contributed by atoms with E-state index in [1.54, 1.807) is 11.5 Å². The first-order valence-electron chi connectivity index (χ1n) is 9.84. The zero-order valence-corrected chi connectivity index (χ0v) is 16.4. The number of fused-ring (bicyclic) bond motifs is 2. The third-order valence-corrected chi connectivity index (χ3v) is 5.18. The molecule has 0 spiro atoms. The molecule has 1 heterocycles. The third-order valence-electron chi connectivity index (χ3n) is 5.18. The van der Waals surface area contributed by atoms with Gasteiger partial charge >= 0.3 is 0 Å². The highest BCUT2D eigenvalue weighted by Crippen LogP contribution is 2.39. The molecule has 0 fully saturated rings. The van der Waals surface area contributed by atoms with E-state index in [0.29, 0.717) is 22.6 Å². The molecule has 0 radical (unpaired) electrons. The maximum absolute atomic E-state index is 12.3. The maximum atomic E-state index is 12.3. The van der Waals surface area contributed by atoms with Crippen molar-refractivity contribution in [3.8, 4) is 22.6 Å². The second-order valence-electron chi connectivity index (χ2n) is 7.09. The van der Waals surface area contributed by atoms with Crippen molar-refractivity contribution in [2.45, 2.75) is 0 Å². The normalized spacial score (nSPS) is 12.0. The highest BCUT2D eigenvalue weighted by atomic mass is 16.5. The Bertz CT molecular complexity index is 1310. The first-order chi connectivity index (χ1) is 15.2. The van der Waals surface area contributed by atoms with E-state index in [-0.39, 0.29) is 0 Å². The number of rotatable bonds is 3. The summed E-state index contributed by atoms with van der Waals surface area (Å²) in [6.45, 7) is 0. The lowest BCUT2D eigenvalue weighted by molar-refractivity contribution is 0.0707. The standard InChI is InChI=1S/C26H18N2O3/c29-26(28-30)19-15-14-18(16-21(19)17-8-2-1-3-9-17)25-20-10-4-6-12-23(20)31-24-13-7-5-11-22(24)27-25/h1-16,30H,(H,28,29). The number of aliphatic imine (C=N–C) groups is 1. The van der Waals surface area contributed by atoms with E-state index in [9.17, 15) is 10.0 Å². The van der Waals surface area contributed by atoms with Gasteiger partial charge in [0.15, 0.2) is 5.75 Å². The summed E-state index contributed by atoms with van der Waals surface area (Å²) in [5, 5.41) is 9.21. The predicted molar refractivity (Wildman–Crippen MR) is 119 cm³/mol. The lowest BCUT2D eigenvalue weighted by Gasteiger charge is -2.13. The number of nitrogens with zero attached hydrogens (tertiary/aromatic N) is 1. The van der Waals surface area contributed by atoms with Gasteiger partial charge in [-0.05, 0) is 47.5 Å². The summed E-state index contributed by atoms with van der Waals surface area (Å²) in [5.41, 5.74) is 6.84. The Morgan fingerprint density at radius 1 is 0.742 bits per heavy atom. The van der Waals surface area contributed by atoms with Gasteiger partial charge < -0.3 is 4.74 Å². The van der Waals surface area contributed by atoms with E-state index in [0.717, 1.165) is 28.1 Å². The number of nitrogens with one attached hydrogen (secondary N) is 1. The molecular formula is C26H18N2O3. The van der Waals surface area contributed by atoms with Crippen LogP contribution in [0.5, 0.6) is 11.5 Å². The fraction of sp³-hybridized carbons (Fsp3) is 0. The summed E-state index contributed by atoms with van der Waals surface area (Å²) in [5.74, 6) is 0.830. The molecule has 0 saturated heterocycles. The fourth-order valence-electron chi connectivity index (χ4n) is 3.71. The van der Waals surface area contributed by atoms with Gasteiger partial charge in [0, 0.05) is 16.7 Å². The number of carbonyl (C=O) groups is 1. The summed E-state index contributed by atoms with van der Waals surface area (Å²) in [7, 11) is 0. The van der Waals surface area contributed by atoms with Gasteiger partial charge in [-0.1, -0.05) is 60.7 Å². The molecule has 0 unspecified atom stereocenters. The monoisotopic (exact) mass is 406 g/mol. The van der Waals surface area contributed by atoms with Crippen LogP contribution >= 0.6 is 0 Å². The molecule has 1 aliphatic heterocycles. The van der Waals surface area contributed by atoms with Crippen LogP contribution in [0.2, 0.25) is 0 Å². The highest BCUT2D eigenvalue weighted by molar-refractivity contribution is 6.17. The molecule has 5 rings (SSSR count). The van der Waals surface area contributed by atoms with E-state index < -0.39 is 5.91 Å². The van der Waals surface area contributed by atoms with E-state index in [1.807, 2.05) is 91.0 Å². The third kappa shape index (κ3) is 3.47. The highest BCUT2D eigenvalue weighted by Gasteiger charge is 2.21. The Morgan fingerprint density at radius 3 is 2.26 bits per heavy atom. The van der Waals surface area contributed by atoms with Gasteiger partial charge in [-0.15, -0.1) is 0 Å². The molecule has 0 aromatic heterocycles. The Kier molecular flexibility index (Phi) is 4.78. The zero-order chi connectivity index (χ0) is 21.2. The molecule has 0 saturated carbocycles. The topological polar surface area (TPSA) is 70.9 Å². The Labute approximate surface area is 179 Å². The van der Waals surface area contributed by atoms with Crippen LogP contribution in [0.15, 0.2) is 102 Å². The van der Waals surface area contributed by atoms with E-state index >= 15 is 0 Å². The van der Waals surface area contributed by atoms with Crippen LogP contribution in [0.1, 0.15) is 21.5 Å². The Morgan fingerprint density at radius 2 is 1.45 bits per heavy atom. The Hall–Kier alpha value is -4.22. The van der Waals surface area contributed by atoms with Gasteiger partial charge in [0.1, 0.15) is 11.4 Å². The molecule has 150 valence electrons. The molecule has 4 aromatic carbocycles. The minimum atomic E-state index is -0.567. The SMILES string of the molecule is O=C(NO)c1ccc(C2=Nc3ccccc3Oc3ccccc32)cc1-c1ccccc1. The predicted octanol–water partition coefficient (Wildman–Crippen LogP) is 5.75. The van der Waals surface area contributed by atoms with Crippen LogP contribution < -0.4 is 10.2 Å². The number of para-hydroxylation sites is 3. The molecule has 0 bridgehead atoms. The second-order valence-corrected chi connectivity index (χ2v) is 7.09. The number of hydrogen-bond donors (Lipinski definition) is 2. The van der Waals surface area contributed by atoms with Gasteiger partial charge in [0.25, 0.3) is 5.91 Å². The number of ether oxygens (including phenoxy) is 1. The average Bonchev–Trinajstić information content (AvgIpc) is 3.00. The lowest BCUT2D eigenvalue weighted by Crippen LogP contribution is -2.20. The van der Waals surface area contributed by atoms with Gasteiger partial charge in [-0.3, -0.25) is 10.0 Å². The molecular weight excluding hydrogens is 388 g/mol. The van der Waals surface area contributed by atoms with Crippen molar-refractivity contribution < 1.29 is 14.7 Å². The van der Waals surface area contributed by atoms with Crippen molar-refractivity contribution in [3.05, 3.63) is 114 Å². The average molecular weight is 406 g/mol. The molecule has 5 heteroatoms. The molecule has 1 amide bonds. The second kappa shape index (κ2) is 7.89. The number of benzene rings is 4. The minimum Gasteiger partial charge on any atom is -0.454 e. The van der Waals surface area contributed by atoms with Gasteiger partial charge in [0.05, 0.1) is 5.71 Å². The van der Waals surface area contributed by atoms with E-state index in [1.165, 1.54) is 0 Å². The van der Waals surface area contributed by atoms with Crippen LogP contribution in [0.25, 0.3) is 11.1 Å². The van der Waals surface area contributed by atoms with Crippen LogP contribution in [-0.2, 0) is 0 Å². The molecule has 4 aromatic rings.